The lowest BCUT2D eigenvalue weighted by Crippen LogP contribution is -2.38. The van der Waals surface area contributed by atoms with Crippen LogP contribution in [0.1, 0.15) is 345 Å². The highest BCUT2D eigenvalue weighted by Gasteiger charge is 2.34. The monoisotopic (exact) mass is 1700 g/mol. The molecule has 7 atom stereocenters. The van der Waals surface area contributed by atoms with Gasteiger partial charge in [-0.1, -0.05) is 388 Å². The molecule has 0 aliphatic carbocycles. The summed E-state index contributed by atoms with van der Waals surface area (Å²) < 4.78 is 59.7. The lowest BCUT2D eigenvalue weighted by atomic mass is 9.81. The van der Waals surface area contributed by atoms with E-state index in [1.807, 2.05) is 12.1 Å². The predicted octanol–water partition coefficient (Wildman–Crippen LogP) is 26.1. The van der Waals surface area contributed by atoms with E-state index >= 15 is 0 Å². The van der Waals surface area contributed by atoms with Crippen LogP contribution in [-0.4, -0.2) is 170 Å². The smallest absolute Gasteiger partial charge is 0.127 e. The van der Waals surface area contributed by atoms with Gasteiger partial charge in [0.25, 0.3) is 0 Å². The van der Waals surface area contributed by atoms with Crippen LogP contribution in [0.5, 0.6) is 5.75 Å². The molecule has 14 heteroatoms. The SMILES string of the molecule is C=CCOCC(CC)(COCC(O)CCCCCCCCCCCC)COCC(O)CCCCCCCCCCCC.C=CCOCC(CC)(COCC=C)COCC(O)CCCCCCCCCCCC.C=CCOCC(CC)(COCC=C)COCC(O)COc1c(C(C)c2ccccc2)cc(C(C)c2ccccc2)cc1C(C)c1ccccc1. The van der Waals surface area contributed by atoms with Crippen molar-refractivity contribution in [3.8, 4) is 5.75 Å². The van der Waals surface area contributed by atoms with Crippen LogP contribution in [0.15, 0.2) is 166 Å². The van der Waals surface area contributed by atoms with Crippen molar-refractivity contribution in [1.82, 2.24) is 0 Å². The molecule has 696 valence electrons. The van der Waals surface area contributed by atoms with Crippen LogP contribution in [0.25, 0.3) is 0 Å². The summed E-state index contributed by atoms with van der Waals surface area (Å²) in [5, 5.41) is 42.4. The zero-order valence-electron chi connectivity index (χ0n) is 79.0. The summed E-state index contributed by atoms with van der Waals surface area (Å²) in [6, 6.07) is 36.3. The molecule has 0 radical (unpaired) electrons. The Labute approximate surface area is 746 Å². The van der Waals surface area contributed by atoms with Crippen molar-refractivity contribution < 1.29 is 67.8 Å². The predicted molar refractivity (Wildman–Crippen MR) is 514 cm³/mol. The van der Waals surface area contributed by atoms with Gasteiger partial charge in [0.1, 0.15) is 18.5 Å². The Kier molecular flexibility index (Phi) is 70.3. The number of rotatable bonds is 81. The van der Waals surface area contributed by atoms with Gasteiger partial charge in [0, 0.05) is 45.1 Å². The topological polar surface area (TPSA) is 173 Å². The van der Waals surface area contributed by atoms with Crippen molar-refractivity contribution in [3.05, 3.63) is 200 Å². The Morgan fingerprint density at radius 2 is 0.492 bits per heavy atom. The number of aliphatic hydroxyl groups excluding tert-OH is 4. The first-order valence-corrected chi connectivity index (χ1v) is 48.4. The van der Waals surface area contributed by atoms with Crippen LogP contribution in [0.3, 0.4) is 0 Å². The van der Waals surface area contributed by atoms with Gasteiger partial charge in [-0.25, -0.2) is 0 Å². The summed E-state index contributed by atoms with van der Waals surface area (Å²) in [4.78, 5) is 0. The average Bonchev–Trinajstić information content (AvgIpc) is 0.773. The quantitative estimate of drug-likeness (QED) is 0.0243. The van der Waals surface area contributed by atoms with Crippen molar-refractivity contribution in [1.29, 1.82) is 0 Å². The molecule has 0 aromatic heterocycles. The van der Waals surface area contributed by atoms with Gasteiger partial charge in [0.15, 0.2) is 0 Å². The molecular formula is C108H180O14. The molecule has 0 aliphatic heterocycles. The maximum atomic E-state index is 11.3. The zero-order chi connectivity index (χ0) is 89.1. The third kappa shape index (κ3) is 53.5. The minimum absolute atomic E-state index is 0.0561. The molecule has 0 amide bonds. The van der Waals surface area contributed by atoms with E-state index < -0.39 is 24.4 Å². The fourth-order valence-electron chi connectivity index (χ4n) is 15.3. The van der Waals surface area contributed by atoms with Gasteiger partial charge in [-0.2, -0.15) is 0 Å². The molecule has 0 saturated heterocycles. The van der Waals surface area contributed by atoms with Crippen molar-refractivity contribution >= 4 is 0 Å². The summed E-state index contributed by atoms with van der Waals surface area (Å²) >= 11 is 0. The highest BCUT2D eigenvalue weighted by molar-refractivity contribution is 5.54. The second-order valence-electron chi connectivity index (χ2n) is 34.9. The minimum atomic E-state index is -0.838. The van der Waals surface area contributed by atoms with Crippen LogP contribution < -0.4 is 4.74 Å². The Hall–Kier alpha value is -5.14. The van der Waals surface area contributed by atoms with E-state index in [9.17, 15) is 20.4 Å². The van der Waals surface area contributed by atoms with E-state index in [4.69, 9.17) is 47.4 Å². The van der Waals surface area contributed by atoms with Crippen molar-refractivity contribution in [2.45, 2.75) is 336 Å². The second-order valence-corrected chi connectivity index (χ2v) is 34.9. The van der Waals surface area contributed by atoms with Gasteiger partial charge < -0.3 is 67.8 Å². The molecule has 0 fully saturated rings. The largest absolute Gasteiger partial charge is 0.490 e. The molecule has 0 heterocycles. The van der Waals surface area contributed by atoms with E-state index in [0.717, 1.165) is 74.7 Å². The third-order valence-electron chi connectivity index (χ3n) is 23.9. The maximum Gasteiger partial charge on any atom is 0.127 e. The van der Waals surface area contributed by atoms with Crippen LogP contribution in [0, 0.1) is 16.2 Å². The Balaban J connectivity index is 0.000000641. The Bertz CT molecular complexity index is 2920. The molecule has 0 saturated carbocycles. The number of benzene rings is 4. The highest BCUT2D eigenvalue weighted by Crippen LogP contribution is 2.43. The normalized spacial score (nSPS) is 13.9. The zero-order valence-corrected chi connectivity index (χ0v) is 79.0. The number of hydrogen-bond acceptors (Lipinski definition) is 14. The van der Waals surface area contributed by atoms with Gasteiger partial charge in [0.05, 0.1) is 137 Å². The molecule has 0 spiro atoms. The molecule has 14 nitrogen and oxygen atoms in total. The molecule has 7 unspecified atom stereocenters. The van der Waals surface area contributed by atoms with Gasteiger partial charge in [-0.3, -0.25) is 0 Å². The second kappa shape index (κ2) is 76.0. The summed E-state index contributed by atoms with van der Waals surface area (Å²) in [7, 11) is 0. The number of ether oxygens (including phenoxy) is 10. The van der Waals surface area contributed by atoms with Gasteiger partial charge in [-0.05, 0) is 60.8 Å². The number of unbranched alkanes of at least 4 members (excludes halogenated alkanes) is 27. The standard InChI is InChI=1S/C45H56O5.C37H74O5.C26H50O4/c1-7-25-47-31-45(9-3,32-48-26-8-2)33-49-29-41(46)30-50-44-42(35(5)38-21-15-11-16-22-38)27-40(34(4)37-19-13-10-14-20-37)28-43(44)36(6)39-23-17-12-18-24-39;1-5-9-11-13-15-17-19-21-23-25-27-35(38)30-41-33-37(8-4,32-40-29-7-3)34-42-31-36(39)28-26-24-22-20-18-16-14-12-10-6-2;1-5-9-10-11-12-13-14-15-16-17-18-25(27)21-30-24-26(8-4,22-28-19-6-2)23-29-20-7-3/h7-8,10-24,27-28,34-36,41,46H,1-2,9,25-26,29-33H2,3-6H3;7,35-36,38-39H,3,5-6,8-34H2,1-2,4H3;6-7,25,27H,2-3,5,8-24H2,1,4H3. The van der Waals surface area contributed by atoms with E-state index in [-0.39, 0.29) is 47.2 Å². The van der Waals surface area contributed by atoms with E-state index in [0.29, 0.717) is 112 Å². The fraction of sp³-hybridized carbons (Fsp3) is 0.685. The molecule has 4 aromatic rings. The Morgan fingerprint density at radius 1 is 0.270 bits per heavy atom. The van der Waals surface area contributed by atoms with Crippen LogP contribution in [0.4, 0.5) is 0 Å². The molecule has 4 rings (SSSR count). The number of aliphatic hydroxyl groups is 4. The molecule has 122 heavy (non-hydrogen) atoms. The van der Waals surface area contributed by atoms with Gasteiger partial charge in [-0.15, -0.1) is 32.9 Å². The average molecular weight is 1700 g/mol. The molecule has 4 aromatic carbocycles. The Morgan fingerprint density at radius 3 is 0.730 bits per heavy atom. The molecule has 4 N–H and O–H groups in total. The molecular weight excluding hydrogens is 1520 g/mol. The molecule has 0 aliphatic rings. The minimum Gasteiger partial charge on any atom is -0.490 e. The maximum absolute atomic E-state index is 11.3. The fourth-order valence-corrected chi connectivity index (χ4v) is 15.3. The van der Waals surface area contributed by atoms with Crippen molar-refractivity contribution in [3.63, 3.8) is 0 Å². The van der Waals surface area contributed by atoms with E-state index in [2.05, 4.69) is 186 Å². The van der Waals surface area contributed by atoms with Crippen LogP contribution in [0.2, 0.25) is 0 Å². The van der Waals surface area contributed by atoms with Crippen molar-refractivity contribution in [2.24, 2.45) is 16.2 Å². The van der Waals surface area contributed by atoms with E-state index in [1.165, 1.54) is 196 Å². The lowest BCUT2D eigenvalue weighted by molar-refractivity contribution is -0.0906. The van der Waals surface area contributed by atoms with Gasteiger partial charge in [0.2, 0.25) is 0 Å². The highest BCUT2D eigenvalue weighted by atomic mass is 16.5. The van der Waals surface area contributed by atoms with Crippen molar-refractivity contribution in [2.75, 3.05) is 126 Å². The van der Waals surface area contributed by atoms with Crippen LogP contribution in [-0.2, 0) is 42.6 Å². The summed E-state index contributed by atoms with van der Waals surface area (Å²) in [6.45, 7) is 46.7. The summed E-state index contributed by atoms with van der Waals surface area (Å²) in [5.74, 6) is 1.11. The summed E-state index contributed by atoms with van der Waals surface area (Å²) in [5.41, 5.74) is 6.26. The number of hydrogen-bond donors (Lipinski definition) is 4. The van der Waals surface area contributed by atoms with Crippen LogP contribution >= 0.6 is 0 Å². The van der Waals surface area contributed by atoms with E-state index in [1.54, 1.807) is 30.4 Å². The molecule has 0 bridgehead atoms. The lowest BCUT2D eigenvalue weighted by Gasteiger charge is -2.32. The third-order valence-corrected chi connectivity index (χ3v) is 23.9. The summed E-state index contributed by atoms with van der Waals surface area (Å²) in [6.07, 6.45) is 50.7. The first-order chi connectivity index (χ1) is 59.5. The first-order valence-electron chi connectivity index (χ1n) is 48.4. The van der Waals surface area contributed by atoms with Gasteiger partial charge >= 0.3 is 0 Å². The first kappa shape index (κ1) is 113.